The Kier molecular flexibility index (Phi) is 5.18. The number of carbonyl (C=O) groups is 1. The first kappa shape index (κ1) is 14.5. The van der Waals surface area contributed by atoms with Crippen molar-refractivity contribution < 1.29 is 14.5 Å². The molecule has 0 heterocycles. The summed E-state index contributed by atoms with van der Waals surface area (Å²) in [6, 6.07) is 2.53. The van der Waals surface area contributed by atoms with Crippen LogP contribution in [0, 0.1) is 10.1 Å². The van der Waals surface area contributed by atoms with Crippen LogP contribution in [0.1, 0.15) is 6.92 Å². The van der Waals surface area contributed by atoms with E-state index < -0.39 is 10.9 Å². The maximum Gasteiger partial charge on any atom is 0.325 e. The van der Waals surface area contributed by atoms with Gasteiger partial charge in [-0.15, -0.1) is 0 Å². The third kappa shape index (κ3) is 3.48. The fourth-order valence-electron chi connectivity index (χ4n) is 1.23. The lowest BCUT2D eigenvalue weighted by Crippen LogP contribution is -2.17. The standard InChI is InChI=1S/C10H10Cl2N2O4/c1-2-18-8(15)5-13-10-7(14(16)17)4-3-6(11)9(10)12/h3-4,13H,2,5H2,1H3. The number of nitrogens with one attached hydrogen (secondary N) is 1. The summed E-state index contributed by atoms with van der Waals surface area (Å²) in [5.41, 5.74) is -0.254. The van der Waals surface area contributed by atoms with Crippen molar-refractivity contribution in [2.24, 2.45) is 0 Å². The van der Waals surface area contributed by atoms with Crippen molar-refractivity contribution in [3.8, 4) is 0 Å². The van der Waals surface area contributed by atoms with Crippen molar-refractivity contribution in [2.75, 3.05) is 18.5 Å². The summed E-state index contributed by atoms with van der Waals surface area (Å²) < 4.78 is 4.69. The van der Waals surface area contributed by atoms with E-state index in [1.807, 2.05) is 0 Å². The van der Waals surface area contributed by atoms with Crippen LogP contribution in [0.25, 0.3) is 0 Å². The maximum absolute atomic E-state index is 11.2. The van der Waals surface area contributed by atoms with E-state index in [0.717, 1.165) is 0 Å². The van der Waals surface area contributed by atoms with Crippen LogP contribution in [0.5, 0.6) is 0 Å². The molecule has 6 nitrogen and oxygen atoms in total. The molecule has 8 heteroatoms. The van der Waals surface area contributed by atoms with Crippen LogP contribution in [-0.4, -0.2) is 24.0 Å². The van der Waals surface area contributed by atoms with Gasteiger partial charge in [0.2, 0.25) is 0 Å². The summed E-state index contributed by atoms with van der Waals surface area (Å²) in [5.74, 6) is -0.539. The second kappa shape index (κ2) is 6.42. The molecule has 0 bridgehead atoms. The number of esters is 1. The molecule has 0 unspecified atom stereocenters. The zero-order chi connectivity index (χ0) is 13.7. The molecule has 0 saturated carbocycles. The molecule has 0 radical (unpaired) electrons. The summed E-state index contributed by atoms with van der Waals surface area (Å²) in [5, 5.41) is 13.5. The first-order valence-electron chi connectivity index (χ1n) is 4.99. The maximum atomic E-state index is 11.2. The second-order valence-corrected chi connectivity index (χ2v) is 3.96. The lowest BCUT2D eigenvalue weighted by atomic mass is 10.2. The molecule has 1 N–H and O–H groups in total. The van der Waals surface area contributed by atoms with Crippen LogP contribution in [0.15, 0.2) is 12.1 Å². The molecule has 1 aromatic carbocycles. The minimum Gasteiger partial charge on any atom is -0.465 e. The van der Waals surface area contributed by atoms with Crippen molar-refractivity contribution >= 4 is 40.5 Å². The van der Waals surface area contributed by atoms with E-state index in [2.05, 4.69) is 10.1 Å². The van der Waals surface area contributed by atoms with E-state index in [1.54, 1.807) is 6.92 Å². The highest BCUT2D eigenvalue weighted by molar-refractivity contribution is 6.44. The summed E-state index contributed by atoms with van der Waals surface area (Å²) >= 11 is 11.6. The molecule has 98 valence electrons. The number of hydrogen-bond donors (Lipinski definition) is 1. The van der Waals surface area contributed by atoms with E-state index in [-0.39, 0.29) is 34.6 Å². The first-order chi connectivity index (χ1) is 8.47. The average molecular weight is 293 g/mol. The summed E-state index contributed by atoms with van der Waals surface area (Å²) in [6.45, 7) is 1.66. The van der Waals surface area contributed by atoms with Gasteiger partial charge in [-0.1, -0.05) is 23.2 Å². The third-order valence-corrected chi connectivity index (χ3v) is 2.79. The van der Waals surface area contributed by atoms with Crippen LogP contribution in [-0.2, 0) is 9.53 Å². The molecule has 0 aliphatic carbocycles. The van der Waals surface area contributed by atoms with Crippen LogP contribution < -0.4 is 5.32 Å². The molecule has 0 atom stereocenters. The molecule has 0 aromatic heterocycles. The molecular weight excluding hydrogens is 283 g/mol. The fraction of sp³-hybridized carbons (Fsp3) is 0.300. The minimum atomic E-state index is -0.615. The van der Waals surface area contributed by atoms with E-state index in [9.17, 15) is 14.9 Å². The van der Waals surface area contributed by atoms with Crippen LogP contribution in [0.4, 0.5) is 11.4 Å². The monoisotopic (exact) mass is 292 g/mol. The molecule has 0 fully saturated rings. The van der Waals surface area contributed by atoms with Crippen LogP contribution in [0.2, 0.25) is 10.0 Å². The smallest absolute Gasteiger partial charge is 0.325 e. The molecule has 0 amide bonds. The molecule has 0 saturated heterocycles. The van der Waals surface area contributed by atoms with Gasteiger partial charge in [-0.3, -0.25) is 14.9 Å². The largest absolute Gasteiger partial charge is 0.465 e. The number of nitro groups is 1. The predicted molar refractivity (Wildman–Crippen MR) is 68.2 cm³/mol. The molecular formula is C10H10Cl2N2O4. The second-order valence-electron chi connectivity index (χ2n) is 3.17. The van der Waals surface area contributed by atoms with E-state index in [1.165, 1.54) is 12.1 Å². The molecule has 0 aliphatic rings. The van der Waals surface area contributed by atoms with Gasteiger partial charge in [-0.25, -0.2) is 0 Å². The zero-order valence-electron chi connectivity index (χ0n) is 9.41. The quantitative estimate of drug-likeness (QED) is 0.513. The molecule has 18 heavy (non-hydrogen) atoms. The number of anilines is 1. The number of rotatable bonds is 5. The van der Waals surface area contributed by atoms with Gasteiger partial charge in [0.05, 0.1) is 21.6 Å². The Hall–Kier alpha value is -1.53. The summed E-state index contributed by atoms with van der Waals surface area (Å²) in [4.78, 5) is 21.4. The van der Waals surface area contributed by atoms with Gasteiger partial charge in [0.1, 0.15) is 12.2 Å². The highest BCUT2D eigenvalue weighted by atomic mass is 35.5. The number of nitrogens with zero attached hydrogens (tertiary/aromatic N) is 1. The first-order valence-corrected chi connectivity index (χ1v) is 5.74. The van der Waals surface area contributed by atoms with Crippen LogP contribution >= 0.6 is 23.2 Å². The fourth-order valence-corrected chi connectivity index (χ4v) is 1.62. The van der Waals surface area contributed by atoms with Gasteiger partial charge < -0.3 is 10.1 Å². The summed E-state index contributed by atoms with van der Waals surface area (Å²) in [7, 11) is 0. The van der Waals surface area contributed by atoms with Gasteiger partial charge in [0.25, 0.3) is 5.69 Å². The van der Waals surface area contributed by atoms with E-state index >= 15 is 0 Å². The highest BCUT2D eigenvalue weighted by Gasteiger charge is 2.19. The van der Waals surface area contributed by atoms with Crippen molar-refractivity contribution in [3.63, 3.8) is 0 Å². The van der Waals surface area contributed by atoms with Crippen LogP contribution in [0.3, 0.4) is 0 Å². The SMILES string of the molecule is CCOC(=O)CNc1c([N+](=O)[O-])ccc(Cl)c1Cl. The Bertz CT molecular complexity index is 479. The van der Waals surface area contributed by atoms with Gasteiger partial charge in [-0.2, -0.15) is 0 Å². The average Bonchev–Trinajstić information content (AvgIpc) is 2.31. The predicted octanol–water partition coefficient (Wildman–Crippen LogP) is 2.88. The normalized spacial score (nSPS) is 9.94. The molecule has 1 rings (SSSR count). The lowest BCUT2D eigenvalue weighted by Gasteiger charge is -2.09. The number of hydrogen-bond acceptors (Lipinski definition) is 5. The van der Waals surface area contributed by atoms with Crippen molar-refractivity contribution in [3.05, 3.63) is 32.3 Å². The lowest BCUT2D eigenvalue weighted by molar-refractivity contribution is -0.383. The van der Waals surface area contributed by atoms with Gasteiger partial charge >= 0.3 is 5.97 Å². The van der Waals surface area contributed by atoms with Gasteiger partial charge in [0.15, 0.2) is 0 Å². The Morgan fingerprint density at radius 1 is 1.50 bits per heavy atom. The zero-order valence-corrected chi connectivity index (χ0v) is 10.9. The number of benzene rings is 1. The van der Waals surface area contributed by atoms with Gasteiger partial charge in [-0.05, 0) is 13.0 Å². The Morgan fingerprint density at radius 3 is 2.72 bits per heavy atom. The van der Waals surface area contributed by atoms with Crippen molar-refractivity contribution in [1.82, 2.24) is 0 Å². The number of nitro benzene ring substituents is 1. The molecule has 0 spiro atoms. The number of ether oxygens (including phenoxy) is 1. The third-order valence-electron chi connectivity index (χ3n) is 1.98. The molecule has 0 aliphatic heterocycles. The van der Waals surface area contributed by atoms with E-state index in [4.69, 9.17) is 23.2 Å². The summed E-state index contributed by atoms with van der Waals surface area (Å²) in [6.07, 6.45) is 0. The minimum absolute atomic E-state index is 0.00206. The number of halogens is 2. The van der Waals surface area contributed by atoms with Crippen molar-refractivity contribution in [1.29, 1.82) is 0 Å². The van der Waals surface area contributed by atoms with E-state index in [0.29, 0.717) is 0 Å². The Morgan fingerprint density at radius 2 is 2.17 bits per heavy atom. The Labute approximate surface area is 113 Å². The highest BCUT2D eigenvalue weighted by Crippen LogP contribution is 2.37. The Balaban J connectivity index is 2.95. The van der Waals surface area contributed by atoms with Crippen molar-refractivity contribution in [2.45, 2.75) is 6.92 Å². The number of carbonyl (C=O) groups excluding carboxylic acids is 1. The molecule has 1 aromatic rings. The van der Waals surface area contributed by atoms with Gasteiger partial charge in [0, 0.05) is 6.07 Å². The topological polar surface area (TPSA) is 81.5 Å².